The van der Waals surface area contributed by atoms with E-state index in [0.717, 1.165) is 28.0 Å². The molecule has 3 aromatic rings. The molecule has 4 rings (SSSR count). The van der Waals surface area contributed by atoms with Gasteiger partial charge in [-0.05, 0) is 42.3 Å². The van der Waals surface area contributed by atoms with E-state index in [1.807, 2.05) is 37.3 Å². The highest BCUT2D eigenvalue weighted by Gasteiger charge is 2.13. The van der Waals surface area contributed by atoms with Crippen molar-refractivity contribution >= 4 is 11.0 Å². The van der Waals surface area contributed by atoms with Crippen LogP contribution in [-0.2, 0) is 6.61 Å². The summed E-state index contributed by atoms with van der Waals surface area (Å²) in [5.74, 6) is 2.12. The molecule has 0 saturated carbocycles. The number of hydrogen-bond acceptors (Lipinski definition) is 5. The summed E-state index contributed by atoms with van der Waals surface area (Å²) in [6, 6.07) is 12.7. The first-order valence-corrected chi connectivity index (χ1v) is 7.25. The monoisotopic (exact) mass is 310 g/mol. The largest absolute Gasteiger partial charge is 0.489 e. The average Bonchev–Trinajstić information content (AvgIpc) is 3.00. The topological polar surface area (TPSA) is 57.9 Å². The van der Waals surface area contributed by atoms with Crippen molar-refractivity contribution in [2.24, 2.45) is 0 Å². The summed E-state index contributed by atoms with van der Waals surface area (Å²) in [4.78, 5) is 11.5. The van der Waals surface area contributed by atoms with E-state index in [4.69, 9.17) is 18.6 Å². The van der Waals surface area contributed by atoms with Crippen LogP contribution in [0.4, 0.5) is 0 Å². The van der Waals surface area contributed by atoms with Crippen LogP contribution in [-0.4, -0.2) is 6.79 Å². The van der Waals surface area contributed by atoms with Crippen molar-refractivity contribution in [2.75, 3.05) is 6.79 Å². The van der Waals surface area contributed by atoms with Crippen molar-refractivity contribution in [3.05, 3.63) is 64.0 Å². The molecule has 0 unspecified atom stereocenters. The maximum atomic E-state index is 11.5. The molecule has 116 valence electrons. The molecule has 0 atom stereocenters. The fourth-order valence-electron chi connectivity index (χ4n) is 2.59. The van der Waals surface area contributed by atoms with Crippen LogP contribution in [0.15, 0.2) is 51.7 Å². The SMILES string of the molecule is Cc1cc(=O)oc2cc(OCc3ccc4c(c3)OCO4)ccc12. The molecule has 5 heteroatoms. The number of rotatable bonds is 3. The van der Waals surface area contributed by atoms with Gasteiger partial charge in [-0.15, -0.1) is 0 Å². The van der Waals surface area contributed by atoms with Crippen LogP contribution in [0.3, 0.4) is 0 Å². The number of aryl methyl sites for hydroxylation is 1. The molecule has 1 aliphatic heterocycles. The molecule has 23 heavy (non-hydrogen) atoms. The predicted octanol–water partition coefficient (Wildman–Crippen LogP) is 3.41. The molecule has 0 amide bonds. The third-order valence-electron chi connectivity index (χ3n) is 3.77. The molecule has 0 saturated heterocycles. The van der Waals surface area contributed by atoms with Crippen molar-refractivity contribution in [3.8, 4) is 17.2 Å². The van der Waals surface area contributed by atoms with Crippen molar-refractivity contribution in [2.45, 2.75) is 13.5 Å². The lowest BCUT2D eigenvalue weighted by Gasteiger charge is -2.08. The van der Waals surface area contributed by atoms with Crippen molar-refractivity contribution in [1.29, 1.82) is 0 Å². The van der Waals surface area contributed by atoms with Crippen LogP contribution in [0, 0.1) is 6.92 Å². The average molecular weight is 310 g/mol. The van der Waals surface area contributed by atoms with Crippen LogP contribution in [0.25, 0.3) is 11.0 Å². The van der Waals surface area contributed by atoms with Crippen LogP contribution in [0.2, 0.25) is 0 Å². The van der Waals surface area contributed by atoms with Crippen molar-refractivity contribution in [1.82, 2.24) is 0 Å². The Labute approximate surface area is 132 Å². The third-order valence-corrected chi connectivity index (χ3v) is 3.77. The van der Waals surface area contributed by atoms with E-state index in [1.165, 1.54) is 6.07 Å². The van der Waals surface area contributed by atoms with Gasteiger partial charge >= 0.3 is 5.63 Å². The summed E-state index contributed by atoms with van der Waals surface area (Å²) in [7, 11) is 0. The van der Waals surface area contributed by atoms with Crippen LogP contribution >= 0.6 is 0 Å². The van der Waals surface area contributed by atoms with Gasteiger partial charge in [-0.25, -0.2) is 4.79 Å². The van der Waals surface area contributed by atoms with Gasteiger partial charge in [0.25, 0.3) is 0 Å². The second-order valence-corrected chi connectivity index (χ2v) is 5.38. The van der Waals surface area contributed by atoms with E-state index in [-0.39, 0.29) is 12.4 Å². The molecule has 0 fully saturated rings. The first-order chi connectivity index (χ1) is 11.2. The van der Waals surface area contributed by atoms with Crippen LogP contribution < -0.4 is 19.8 Å². The van der Waals surface area contributed by atoms with Crippen LogP contribution in [0.1, 0.15) is 11.1 Å². The van der Waals surface area contributed by atoms with Gasteiger partial charge in [0.15, 0.2) is 11.5 Å². The highest BCUT2D eigenvalue weighted by Crippen LogP contribution is 2.33. The van der Waals surface area contributed by atoms with Gasteiger partial charge < -0.3 is 18.6 Å². The minimum absolute atomic E-state index is 0.253. The fourth-order valence-corrected chi connectivity index (χ4v) is 2.59. The molecule has 2 aromatic carbocycles. The van der Waals surface area contributed by atoms with E-state index in [1.54, 1.807) is 6.07 Å². The van der Waals surface area contributed by atoms with Gasteiger partial charge in [0.1, 0.15) is 17.9 Å². The Balaban J connectivity index is 1.57. The summed E-state index contributed by atoms with van der Waals surface area (Å²) in [5, 5.41) is 0.903. The standard InChI is InChI=1S/C18H14O5/c1-11-6-18(19)23-16-8-13(3-4-14(11)16)20-9-12-2-5-15-17(7-12)22-10-21-15/h2-8H,9-10H2,1H3. The summed E-state index contributed by atoms with van der Waals surface area (Å²) < 4.78 is 21.6. The van der Waals surface area contributed by atoms with E-state index in [0.29, 0.717) is 17.9 Å². The Morgan fingerprint density at radius 1 is 1.04 bits per heavy atom. The van der Waals surface area contributed by atoms with Gasteiger partial charge in [-0.2, -0.15) is 0 Å². The molecule has 0 aliphatic carbocycles. The van der Waals surface area contributed by atoms with E-state index in [9.17, 15) is 4.79 Å². The molecule has 0 spiro atoms. The first-order valence-electron chi connectivity index (χ1n) is 7.25. The third kappa shape index (κ3) is 2.61. The molecular formula is C18H14O5. The van der Waals surface area contributed by atoms with E-state index in [2.05, 4.69) is 0 Å². The maximum absolute atomic E-state index is 11.5. The second kappa shape index (κ2) is 5.35. The summed E-state index contributed by atoms with van der Waals surface area (Å²) in [6.07, 6.45) is 0. The fraction of sp³-hybridized carbons (Fsp3) is 0.167. The summed E-state index contributed by atoms with van der Waals surface area (Å²) in [5.41, 5.74) is 2.03. The minimum atomic E-state index is -0.358. The lowest BCUT2D eigenvalue weighted by molar-refractivity contribution is 0.174. The second-order valence-electron chi connectivity index (χ2n) is 5.38. The lowest BCUT2D eigenvalue weighted by Crippen LogP contribution is -1.99. The maximum Gasteiger partial charge on any atom is 0.336 e. The van der Waals surface area contributed by atoms with E-state index < -0.39 is 0 Å². The van der Waals surface area contributed by atoms with Gasteiger partial charge in [0, 0.05) is 17.5 Å². The molecule has 2 heterocycles. The smallest absolute Gasteiger partial charge is 0.336 e. The normalized spacial score (nSPS) is 12.6. The molecule has 5 nitrogen and oxygen atoms in total. The van der Waals surface area contributed by atoms with Gasteiger partial charge in [0.05, 0.1) is 0 Å². The zero-order valence-electron chi connectivity index (χ0n) is 12.5. The zero-order chi connectivity index (χ0) is 15.8. The number of benzene rings is 2. The van der Waals surface area contributed by atoms with Crippen molar-refractivity contribution in [3.63, 3.8) is 0 Å². The Morgan fingerprint density at radius 3 is 2.83 bits per heavy atom. The van der Waals surface area contributed by atoms with Crippen LogP contribution in [0.5, 0.6) is 17.2 Å². The molecule has 0 N–H and O–H groups in total. The minimum Gasteiger partial charge on any atom is -0.489 e. The van der Waals surface area contributed by atoms with Gasteiger partial charge in [-0.3, -0.25) is 0 Å². The predicted molar refractivity (Wildman–Crippen MR) is 84.1 cm³/mol. The van der Waals surface area contributed by atoms with Gasteiger partial charge in [0.2, 0.25) is 6.79 Å². The molecule has 0 bridgehead atoms. The van der Waals surface area contributed by atoms with Gasteiger partial charge in [-0.1, -0.05) is 6.07 Å². The first kappa shape index (κ1) is 13.7. The Morgan fingerprint density at radius 2 is 1.91 bits per heavy atom. The highest BCUT2D eigenvalue weighted by molar-refractivity contribution is 5.81. The molecule has 1 aromatic heterocycles. The number of fused-ring (bicyclic) bond motifs is 2. The molecular weight excluding hydrogens is 296 g/mol. The molecule has 1 aliphatic rings. The lowest BCUT2D eigenvalue weighted by atomic mass is 10.1. The summed E-state index contributed by atoms with van der Waals surface area (Å²) in [6.45, 7) is 2.52. The quantitative estimate of drug-likeness (QED) is 0.694. The highest BCUT2D eigenvalue weighted by atomic mass is 16.7. The number of ether oxygens (including phenoxy) is 3. The van der Waals surface area contributed by atoms with E-state index >= 15 is 0 Å². The summed E-state index contributed by atoms with van der Waals surface area (Å²) >= 11 is 0. The number of hydrogen-bond donors (Lipinski definition) is 0. The Hall–Kier alpha value is -2.95. The Kier molecular flexibility index (Phi) is 3.19. The Bertz CT molecular complexity index is 942. The molecule has 0 radical (unpaired) electrons. The van der Waals surface area contributed by atoms with Crippen molar-refractivity contribution < 1.29 is 18.6 Å². The zero-order valence-corrected chi connectivity index (χ0v) is 12.5.